The number of rotatable bonds is 24. The summed E-state index contributed by atoms with van der Waals surface area (Å²) in [6.07, 6.45) is 25.0. The van der Waals surface area contributed by atoms with Gasteiger partial charge in [-0.3, -0.25) is 0 Å². The van der Waals surface area contributed by atoms with Crippen LogP contribution in [0, 0.1) is 0 Å². The lowest BCUT2D eigenvalue weighted by atomic mass is 10.0. The fraction of sp³-hybridized carbons (Fsp3) is 1.00. The molecule has 0 aromatic carbocycles. The van der Waals surface area contributed by atoms with Crippen molar-refractivity contribution in [3.05, 3.63) is 0 Å². The van der Waals surface area contributed by atoms with Crippen LogP contribution < -0.4 is 0 Å². The zero-order valence-corrected chi connectivity index (χ0v) is 20.6. The Kier molecular flexibility index (Phi) is 27.3. The number of hydrogen-bond acceptors (Lipinski definition) is 2. The SMILES string of the molecule is CCCCCCCCCCCCCCCCOCCOCCCCCCI. The van der Waals surface area contributed by atoms with E-state index in [9.17, 15) is 0 Å². The first-order valence-corrected chi connectivity index (χ1v) is 13.7. The Balaban J connectivity index is 2.95. The van der Waals surface area contributed by atoms with E-state index in [0.29, 0.717) is 0 Å². The molecule has 0 heterocycles. The molecule has 0 atom stereocenters. The van der Waals surface area contributed by atoms with Gasteiger partial charge in [-0.2, -0.15) is 0 Å². The monoisotopic (exact) mass is 496 g/mol. The van der Waals surface area contributed by atoms with Crippen molar-refractivity contribution in [1.82, 2.24) is 0 Å². The number of halogens is 1. The lowest BCUT2D eigenvalue weighted by Crippen LogP contribution is -2.06. The highest BCUT2D eigenvalue weighted by Crippen LogP contribution is 2.12. The van der Waals surface area contributed by atoms with Gasteiger partial charge in [0.25, 0.3) is 0 Å². The topological polar surface area (TPSA) is 18.5 Å². The average Bonchev–Trinajstić information content (AvgIpc) is 2.68. The molecule has 0 spiro atoms. The van der Waals surface area contributed by atoms with Gasteiger partial charge in [-0.25, -0.2) is 0 Å². The zero-order valence-electron chi connectivity index (χ0n) is 18.5. The van der Waals surface area contributed by atoms with Crippen molar-refractivity contribution in [3.8, 4) is 0 Å². The van der Waals surface area contributed by atoms with Gasteiger partial charge in [-0.05, 0) is 23.7 Å². The molecule has 0 amide bonds. The van der Waals surface area contributed by atoms with Gasteiger partial charge in [0.1, 0.15) is 0 Å². The molecule has 0 saturated carbocycles. The van der Waals surface area contributed by atoms with Crippen LogP contribution in [0.1, 0.15) is 122 Å². The van der Waals surface area contributed by atoms with E-state index >= 15 is 0 Å². The summed E-state index contributed by atoms with van der Waals surface area (Å²) in [6, 6.07) is 0. The van der Waals surface area contributed by atoms with Crippen LogP contribution >= 0.6 is 22.6 Å². The summed E-state index contributed by atoms with van der Waals surface area (Å²) < 4.78 is 12.6. The number of ether oxygens (including phenoxy) is 2. The molecule has 0 aliphatic carbocycles. The van der Waals surface area contributed by atoms with Crippen molar-refractivity contribution in [1.29, 1.82) is 0 Å². The van der Waals surface area contributed by atoms with Gasteiger partial charge in [0.05, 0.1) is 13.2 Å². The maximum absolute atomic E-state index is 5.66. The zero-order chi connectivity index (χ0) is 19.7. The third-order valence-electron chi connectivity index (χ3n) is 5.19. The Hall–Kier alpha value is 0.650. The van der Waals surface area contributed by atoms with E-state index in [4.69, 9.17) is 9.47 Å². The van der Waals surface area contributed by atoms with Crippen LogP contribution in [0.5, 0.6) is 0 Å². The van der Waals surface area contributed by atoms with Gasteiger partial charge in [0.2, 0.25) is 0 Å². The molecule has 0 bridgehead atoms. The van der Waals surface area contributed by atoms with Crippen molar-refractivity contribution in [2.45, 2.75) is 122 Å². The molecule has 0 aromatic heterocycles. The highest BCUT2D eigenvalue weighted by atomic mass is 127. The van der Waals surface area contributed by atoms with Crippen LogP contribution in [0.2, 0.25) is 0 Å². The molecule has 0 unspecified atom stereocenters. The summed E-state index contributed by atoms with van der Waals surface area (Å²) >= 11 is 2.45. The summed E-state index contributed by atoms with van der Waals surface area (Å²) in [5.74, 6) is 0. The summed E-state index contributed by atoms with van der Waals surface area (Å²) in [5.41, 5.74) is 0. The van der Waals surface area contributed by atoms with Crippen LogP contribution in [-0.4, -0.2) is 30.9 Å². The first-order valence-electron chi connectivity index (χ1n) is 12.1. The fourth-order valence-corrected chi connectivity index (χ4v) is 3.91. The second-order valence-corrected chi connectivity index (χ2v) is 9.00. The van der Waals surface area contributed by atoms with E-state index in [1.165, 1.54) is 120 Å². The molecule has 2 nitrogen and oxygen atoms in total. The normalized spacial score (nSPS) is 11.3. The Morgan fingerprint density at radius 2 is 0.741 bits per heavy atom. The predicted molar refractivity (Wildman–Crippen MR) is 129 cm³/mol. The molecule has 27 heavy (non-hydrogen) atoms. The molecule has 0 rings (SSSR count). The molecule has 164 valence electrons. The Morgan fingerprint density at radius 1 is 0.407 bits per heavy atom. The molecule has 0 aliphatic rings. The van der Waals surface area contributed by atoms with Gasteiger partial charge in [0, 0.05) is 13.2 Å². The van der Waals surface area contributed by atoms with Crippen LogP contribution in [0.4, 0.5) is 0 Å². The van der Waals surface area contributed by atoms with Gasteiger partial charge < -0.3 is 9.47 Å². The minimum absolute atomic E-state index is 0.769. The van der Waals surface area contributed by atoms with Gasteiger partial charge in [-0.15, -0.1) is 0 Å². The third-order valence-corrected chi connectivity index (χ3v) is 5.95. The standard InChI is InChI=1S/C24H49IO2/c1-2-3-4-5-6-7-8-9-10-11-12-13-15-18-21-26-23-24-27-22-19-16-14-17-20-25/h2-24H2,1H3. The van der Waals surface area contributed by atoms with Gasteiger partial charge in [-0.1, -0.05) is 126 Å². The van der Waals surface area contributed by atoms with E-state index in [0.717, 1.165) is 26.4 Å². The molecular weight excluding hydrogens is 447 g/mol. The summed E-state index contributed by atoms with van der Waals surface area (Å²) in [5, 5.41) is 0. The quantitative estimate of drug-likeness (QED) is 0.0758. The summed E-state index contributed by atoms with van der Waals surface area (Å²) in [7, 11) is 0. The third kappa shape index (κ3) is 26.6. The van der Waals surface area contributed by atoms with E-state index in [2.05, 4.69) is 29.5 Å². The molecule has 0 aromatic rings. The molecule has 3 heteroatoms. The minimum atomic E-state index is 0.769. The van der Waals surface area contributed by atoms with Crippen LogP contribution in [-0.2, 0) is 9.47 Å². The molecule has 0 N–H and O–H groups in total. The van der Waals surface area contributed by atoms with Crippen LogP contribution in [0.25, 0.3) is 0 Å². The van der Waals surface area contributed by atoms with Crippen molar-refractivity contribution in [2.75, 3.05) is 30.9 Å². The predicted octanol–water partition coefficient (Wildman–Crippen LogP) is 8.50. The van der Waals surface area contributed by atoms with E-state index in [-0.39, 0.29) is 0 Å². The molecule has 0 fully saturated rings. The smallest absolute Gasteiger partial charge is 0.0700 e. The van der Waals surface area contributed by atoms with Gasteiger partial charge >= 0.3 is 0 Å². The number of alkyl halides is 1. The van der Waals surface area contributed by atoms with E-state index < -0.39 is 0 Å². The lowest BCUT2D eigenvalue weighted by molar-refractivity contribution is 0.0449. The Labute approximate surface area is 185 Å². The van der Waals surface area contributed by atoms with Gasteiger partial charge in [0.15, 0.2) is 0 Å². The highest BCUT2D eigenvalue weighted by Gasteiger charge is 1.95. The maximum atomic E-state index is 5.66. The van der Waals surface area contributed by atoms with Crippen LogP contribution in [0.3, 0.4) is 0 Å². The second-order valence-electron chi connectivity index (χ2n) is 7.92. The second kappa shape index (κ2) is 26.6. The first kappa shape index (κ1) is 27.6. The summed E-state index contributed by atoms with van der Waals surface area (Å²) in [4.78, 5) is 0. The largest absolute Gasteiger partial charge is 0.379 e. The molecule has 0 radical (unpaired) electrons. The Morgan fingerprint density at radius 3 is 1.11 bits per heavy atom. The number of hydrogen-bond donors (Lipinski definition) is 0. The minimum Gasteiger partial charge on any atom is -0.379 e. The Bertz CT molecular complexity index is 225. The van der Waals surface area contributed by atoms with E-state index in [1.54, 1.807) is 0 Å². The fourth-order valence-electron chi connectivity index (χ4n) is 3.37. The van der Waals surface area contributed by atoms with Crippen molar-refractivity contribution in [3.63, 3.8) is 0 Å². The maximum Gasteiger partial charge on any atom is 0.0700 e. The van der Waals surface area contributed by atoms with Crippen molar-refractivity contribution >= 4 is 22.6 Å². The van der Waals surface area contributed by atoms with Crippen molar-refractivity contribution < 1.29 is 9.47 Å². The first-order chi connectivity index (χ1) is 13.4. The van der Waals surface area contributed by atoms with Crippen molar-refractivity contribution in [2.24, 2.45) is 0 Å². The molecular formula is C24H49IO2. The van der Waals surface area contributed by atoms with E-state index in [1.807, 2.05) is 0 Å². The molecule has 0 saturated heterocycles. The lowest BCUT2D eigenvalue weighted by Gasteiger charge is -2.06. The molecule has 0 aliphatic heterocycles. The average molecular weight is 497 g/mol. The van der Waals surface area contributed by atoms with Crippen LogP contribution in [0.15, 0.2) is 0 Å². The summed E-state index contributed by atoms with van der Waals surface area (Å²) in [6.45, 7) is 5.65. The highest BCUT2D eigenvalue weighted by molar-refractivity contribution is 14.1. The number of unbranched alkanes of at least 4 members (excludes halogenated alkanes) is 16.